The third-order valence-electron chi connectivity index (χ3n) is 3.34. The summed E-state index contributed by atoms with van der Waals surface area (Å²) in [4.78, 5) is 9.09. The molecule has 0 bridgehead atoms. The van der Waals surface area contributed by atoms with Crippen molar-refractivity contribution >= 4 is 27.0 Å². The first kappa shape index (κ1) is 14.1. The molecule has 2 aromatic heterocycles. The highest BCUT2D eigenvalue weighted by Gasteiger charge is 2.22. The third kappa shape index (κ3) is 2.55. The fourth-order valence-electron chi connectivity index (χ4n) is 2.33. The number of aryl methyl sites for hydroxylation is 1. The van der Waals surface area contributed by atoms with Crippen LogP contribution < -0.4 is 11.3 Å². The summed E-state index contributed by atoms with van der Waals surface area (Å²) in [7, 11) is 0. The number of para-hydroxylation sites is 2. The SMILES string of the molecule is CCn1ncc(Br)c1C(NN)c1cnc2ccccc2n1. The van der Waals surface area contributed by atoms with E-state index in [1.807, 2.05) is 35.9 Å². The molecular weight excluding hydrogens is 332 g/mol. The van der Waals surface area contributed by atoms with Gasteiger partial charge >= 0.3 is 0 Å². The topological polar surface area (TPSA) is 81.7 Å². The smallest absolute Gasteiger partial charge is 0.108 e. The van der Waals surface area contributed by atoms with E-state index in [2.05, 4.69) is 36.4 Å². The van der Waals surface area contributed by atoms with Gasteiger partial charge in [-0.3, -0.25) is 15.5 Å². The van der Waals surface area contributed by atoms with Gasteiger partial charge in [-0.25, -0.2) is 10.4 Å². The van der Waals surface area contributed by atoms with Crippen LogP contribution in [0.1, 0.15) is 24.4 Å². The predicted octanol–water partition coefficient (Wildman–Crippen LogP) is 2.16. The molecule has 1 aromatic carbocycles. The maximum atomic E-state index is 5.75. The van der Waals surface area contributed by atoms with Gasteiger partial charge in [-0.1, -0.05) is 12.1 Å². The lowest BCUT2D eigenvalue weighted by Gasteiger charge is -2.17. The fraction of sp³-hybridized carbons (Fsp3) is 0.214. The highest BCUT2D eigenvalue weighted by molar-refractivity contribution is 9.10. The van der Waals surface area contributed by atoms with Crippen LogP contribution in [0.5, 0.6) is 0 Å². The second kappa shape index (κ2) is 5.88. The van der Waals surface area contributed by atoms with Gasteiger partial charge in [0.05, 0.1) is 39.3 Å². The first-order valence-corrected chi connectivity index (χ1v) is 7.43. The molecule has 21 heavy (non-hydrogen) atoms. The van der Waals surface area contributed by atoms with E-state index in [0.29, 0.717) is 0 Å². The zero-order valence-corrected chi connectivity index (χ0v) is 13.1. The Kier molecular flexibility index (Phi) is 3.96. The molecular formula is C14H15BrN6. The van der Waals surface area contributed by atoms with E-state index in [1.165, 1.54) is 0 Å². The molecule has 7 heteroatoms. The van der Waals surface area contributed by atoms with Crippen molar-refractivity contribution in [1.29, 1.82) is 0 Å². The van der Waals surface area contributed by atoms with Crippen molar-refractivity contribution in [3.8, 4) is 0 Å². The molecule has 0 aliphatic heterocycles. The number of fused-ring (bicyclic) bond motifs is 1. The van der Waals surface area contributed by atoms with Crippen LogP contribution in [0.2, 0.25) is 0 Å². The van der Waals surface area contributed by atoms with Gasteiger partial charge in [0.1, 0.15) is 6.04 Å². The second-order valence-corrected chi connectivity index (χ2v) is 5.43. The van der Waals surface area contributed by atoms with Gasteiger partial charge in [-0.05, 0) is 35.0 Å². The number of nitrogens with two attached hydrogens (primary N) is 1. The molecule has 0 aliphatic carbocycles. The monoisotopic (exact) mass is 346 g/mol. The summed E-state index contributed by atoms with van der Waals surface area (Å²) in [5.41, 5.74) is 6.20. The van der Waals surface area contributed by atoms with Crippen LogP contribution in [0.4, 0.5) is 0 Å². The molecule has 3 N–H and O–H groups in total. The summed E-state index contributed by atoms with van der Waals surface area (Å²) in [6.07, 6.45) is 3.50. The van der Waals surface area contributed by atoms with Crippen LogP contribution in [-0.2, 0) is 6.54 Å². The van der Waals surface area contributed by atoms with Crippen molar-refractivity contribution in [2.45, 2.75) is 19.5 Å². The normalized spacial score (nSPS) is 12.7. The molecule has 0 radical (unpaired) electrons. The molecule has 0 spiro atoms. The number of hydrogen-bond donors (Lipinski definition) is 2. The summed E-state index contributed by atoms with van der Waals surface area (Å²) in [6.45, 7) is 2.78. The first-order chi connectivity index (χ1) is 10.2. The minimum Gasteiger partial charge on any atom is -0.270 e. The molecule has 1 unspecified atom stereocenters. The lowest BCUT2D eigenvalue weighted by atomic mass is 10.1. The van der Waals surface area contributed by atoms with Gasteiger partial charge in [0, 0.05) is 6.54 Å². The Morgan fingerprint density at radius 2 is 2.05 bits per heavy atom. The number of hydrogen-bond acceptors (Lipinski definition) is 5. The van der Waals surface area contributed by atoms with E-state index in [1.54, 1.807) is 12.4 Å². The van der Waals surface area contributed by atoms with Gasteiger partial charge < -0.3 is 0 Å². The van der Waals surface area contributed by atoms with Crippen molar-refractivity contribution in [1.82, 2.24) is 25.2 Å². The van der Waals surface area contributed by atoms with E-state index in [-0.39, 0.29) is 6.04 Å². The Labute approximate surface area is 130 Å². The van der Waals surface area contributed by atoms with E-state index in [0.717, 1.165) is 33.4 Å². The third-order valence-corrected chi connectivity index (χ3v) is 3.95. The molecule has 2 heterocycles. The molecule has 108 valence electrons. The lowest BCUT2D eigenvalue weighted by Crippen LogP contribution is -2.31. The van der Waals surface area contributed by atoms with Crippen molar-refractivity contribution in [3.63, 3.8) is 0 Å². The highest BCUT2D eigenvalue weighted by Crippen LogP contribution is 2.27. The first-order valence-electron chi connectivity index (χ1n) is 6.63. The lowest BCUT2D eigenvalue weighted by molar-refractivity contribution is 0.534. The van der Waals surface area contributed by atoms with Gasteiger partial charge in [0.15, 0.2) is 0 Å². The Hall–Kier alpha value is -1.83. The maximum absolute atomic E-state index is 5.75. The number of benzene rings is 1. The average molecular weight is 347 g/mol. The molecule has 3 rings (SSSR count). The largest absolute Gasteiger partial charge is 0.270 e. The van der Waals surface area contributed by atoms with Crippen LogP contribution in [0.3, 0.4) is 0 Å². The fourth-order valence-corrected chi connectivity index (χ4v) is 2.85. The Bertz CT molecular complexity index is 769. The summed E-state index contributed by atoms with van der Waals surface area (Å²) in [5.74, 6) is 5.75. The van der Waals surface area contributed by atoms with Gasteiger partial charge in [0.25, 0.3) is 0 Å². The quantitative estimate of drug-likeness (QED) is 0.558. The summed E-state index contributed by atoms with van der Waals surface area (Å²) >= 11 is 3.52. The van der Waals surface area contributed by atoms with E-state index in [9.17, 15) is 0 Å². The van der Waals surface area contributed by atoms with Crippen molar-refractivity contribution in [2.24, 2.45) is 5.84 Å². The number of hydrazine groups is 1. The summed E-state index contributed by atoms with van der Waals surface area (Å²) in [5, 5.41) is 4.32. The summed E-state index contributed by atoms with van der Waals surface area (Å²) in [6, 6.07) is 7.48. The molecule has 0 fully saturated rings. The molecule has 3 aromatic rings. The Balaban J connectivity index is 2.11. The maximum Gasteiger partial charge on any atom is 0.108 e. The van der Waals surface area contributed by atoms with Crippen LogP contribution in [-0.4, -0.2) is 19.7 Å². The second-order valence-electron chi connectivity index (χ2n) is 4.58. The van der Waals surface area contributed by atoms with Crippen LogP contribution >= 0.6 is 15.9 Å². The zero-order valence-electron chi connectivity index (χ0n) is 11.5. The number of rotatable bonds is 4. The number of nitrogens with one attached hydrogen (secondary N) is 1. The van der Waals surface area contributed by atoms with Gasteiger partial charge in [0.2, 0.25) is 0 Å². The van der Waals surface area contributed by atoms with E-state index >= 15 is 0 Å². The van der Waals surface area contributed by atoms with Crippen LogP contribution in [0, 0.1) is 0 Å². The Morgan fingerprint density at radius 1 is 1.29 bits per heavy atom. The molecule has 0 saturated heterocycles. The standard InChI is InChI=1S/C14H15BrN6/c1-2-21-14(9(15)7-18-21)13(20-16)12-8-17-10-5-3-4-6-11(10)19-12/h3-8,13,20H,2,16H2,1H3. The number of halogens is 1. The van der Waals surface area contributed by atoms with E-state index < -0.39 is 0 Å². The molecule has 0 aliphatic rings. The Morgan fingerprint density at radius 3 is 2.76 bits per heavy atom. The summed E-state index contributed by atoms with van der Waals surface area (Å²) < 4.78 is 2.77. The van der Waals surface area contributed by atoms with Crippen molar-refractivity contribution in [3.05, 3.63) is 52.5 Å². The zero-order chi connectivity index (χ0) is 14.8. The number of aromatic nitrogens is 4. The molecule has 0 saturated carbocycles. The highest BCUT2D eigenvalue weighted by atomic mass is 79.9. The van der Waals surface area contributed by atoms with E-state index in [4.69, 9.17) is 5.84 Å². The van der Waals surface area contributed by atoms with Gasteiger partial charge in [-0.2, -0.15) is 5.10 Å². The van der Waals surface area contributed by atoms with Gasteiger partial charge in [-0.15, -0.1) is 0 Å². The average Bonchev–Trinajstić information content (AvgIpc) is 2.89. The van der Waals surface area contributed by atoms with Crippen molar-refractivity contribution in [2.75, 3.05) is 0 Å². The minimum absolute atomic E-state index is 0.279. The van der Waals surface area contributed by atoms with Crippen LogP contribution in [0.25, 0.3) is 11.0 Å². The predicted molar refractivity (Wildman–Crippen MR) is 84.3 cm³/mol. The molecule has 0 amide bonds. The molecule has 6 nitrogen and oxygen atoms in total. The van der Waals surface area contributed by atoms with Crippen molar-refractivity contribution < 1.29 is 0 Å². The van der Waals surface area contributed by atoms with Crippen LogP contribution in [0.15, 0.2) is 41.1 Å². The minimum atomic E-state index is -0.279. The number of nitrogens with zero attached hydrogens (tertiary/aromatic N) is 4. The molecule has 1 atom stereocenters.